The van der Waals surface area contributed by atoms with Gasteiger partial charge in [0.15, 0.2) is 0 Å². The van der Waals surface area contributed by atoms with Gasteiger partial charge in [0.05, 0.1) is 5.69 Å². The number of nitrogens with zero attached hydrogens (tertiary/aromatic N) is 2. The first-order valence-corrected chi connectivity index (χ1v) is 9.16. The van der Waals surface area contributed by atoms with E-state index in [1.54, 1.807) is 17.8 Å². The minimum Gasteiger partial charge on any atom is -0.352 e. The normalized spacial score (nSPS) is 11.0. The van der Waals surface area contributed by atoms with Gasteiger partial charge in [0.1, 0.15) is 5.15 Å². The molecule has 2 amide bonds. The second-order valence-electron chi connectivity index (χ2n) is 5.80. The average Bonchev–Trinajstić information content (AvgIpc) is 2.81. The number of carbonyl (C=O) groups is 2. The molecule has 2 rings (SSSR count). The summed E-state index contributed by atoms with van der Waals surface area (Å²) in [5.74, 6) is -0.461. The smallest absolute Gasteiger partial charge is 0.244 e. The van der Waals surface area contributed by atoms with E-state index in [0.717, 1.165) is 21.4 Å². The van der Waals surface area contributed by atoms with E-state index >= 15 is 0 Å². The first-order valence-electron chi connectivity index (χ1n) is 7.99. The van der Waals surface area contributed by atoms with Gasteiger partial charge in [-0.2, -0.15) is 5.10 Å². The van der Waals surface area contributed by atoms with Gasteiger partial charge in [-0.1, -0.05) is 33.6 Å². The number of anilines is 1. The van der Waals surface area contributed by atoms with Crippen molar-refractivity contribution in [2.24, 2.45) is 7.05 Å². The topological polar surface area (TPSA) is 76.0 Å². The Morgan fingerprint density at radius 3 is 2.73 bits per heavy atom. The molecule has 2 N–H and O–H groups in total. The van der Waals surface area contributed by atoms with Crippen LogP contribution in [0, 0.1) is 13.8 Å². The second-order valence-corrected chi connectivity index (χ2v) is 7.07. The molecule has 0 aliphatic heterocycles. The van der Waals surface area contributed by atoms with Gasteiger partial charge in [-0.25, -0.2) is 0 Å². The highest BCUT2D eigenvalue weighted by atomic mass is 79.9. The molecule has 0 aliphatic rings. The monoisotopic (exact) mass is 438 g/mol. The molecule has 0 radical (unpaired) electrons. The Balaban J connectivity index is 1.81. The number of hydrogen-bond acceptors (Lipinski definition) is 3. The van der Waals surface area contributed by atoms with E-state index in [4.69, 9.17) is 11.6 Å². The summed E-state index contributed by atoms with van der Waals surface area (Å²) in [5, 5.41) is 10.1. The van der Waals surface area contributed by atoms with Gasteiger partial charge in [-0.3, -0.25) is 14.3 Å². The van der Waals surface area contributed by atoms with Crippen molar-refractivity contribution in [2.45, 2.75) is 20.3 Å². The fourth-order valence-electron chi connectivity index (χ4n) is 2.29. The molecule has 1 aromatic carbocycles. The molecule has 6 nitrogen and oxygen atoms in total. The number of halogens is 2. The van der Waals surface area contributed by atoms with Crippen molar-refractivity contribution in [3.8, 4) is 0 Å². The summed E-state index contributed by atoms with van der Waals surface area (Å²) >= 11 is 9.48. The molecule has 0 saturated heterocycles. The number of rotatable bonds is 6. The molecule has 0 saturated carbocycles. The van der Waals surface area contributed by atoms with Crippen molar-refractivity contribution in [1.82, 2.24) is 15.1 Å². The highest BCUT2D eigenvalue weighted by Crippen LogP contribution is 2.21. The van der Waals surface area contributed by atoms with Gasteiger partial charge < -0.3 is 10.6 Å². The molecule has 8 heteroatoms. The lowest BCUT2D eigenvalue weighted by molar-refractivity contribution is -0.117. The molecule has 1 aromatic heterocycles. The van der Waals surface area contributed by atoms with E-state index in [0.29, 0.717) is 10.7 Å². The summed E-state index contributed by atoms with van der Waals surface area (Å²) in [6, 6.07) is 5.67. The first kappa shape index (κ1) is 20.2. The third-order valence-electron chi connectivity index (χ3n) is 3.72. The van der Waals surface area contributed by atoms with Crippen LogP contribution in [-0.2, 0) is 16.6 Å². The van der Waals surface area contributed by atoms with Gasteiger partial charge in [-0.05, 0) is 37.6 Å². The molecular formula is C18H20BrClN4O2. The van der Waals surface area contributed by atoms with E-state index in [1.165, 1.54) is 6.08 Å². The van der Waals surface area contributed by atoms with E-state index < -0.39 is 0 Å². The molecule has 0 aliphatic carbocycles. The molecule has 2 aromatic rings. The number of carbonyl (C=O) groups excluding carboxylic acids is 2. The number of benzene rings is 1. The van der Waals surface area contributed by atoms with Crippen molar-refractivity contribution in [2.75, 3.05) is 11.9 Å². The van der Waals surface area contributed by atoms with Crippen molar-refractivity contribution in [3.63, 3.8) is 0 Å². The third kappa shape index (κ3) is 5.44. The maximum absolute atomic E-state index is 12.0. The summed E-state index contributed by atoms with van der Waals surface area (Å²) in [6.07, 6.45) is 3.18. The molecule has 0 fully saturated rings. The standard InChI is InChI=1S/C18H20BrClN4O2/c1-11-4-5-13(19)10-15(11)22-17(26)8-9-21-16(25)7-6-14-12(2)23-24(3)18(14)20/h4-7,10H,8-9H2,1-3H3,(H,21,25)(H,22,26)/b7-6+. The number of aryl methyl sites for hydroxylation is 3. The van der Waals surface area contributed by atoms with Gasteiger partial charge in [0.25, 0.3) is 0 Å². The number of aromatic nitrogens is 2. The van der Waals surface area contributed by atoms with Gasteiger partial charge >= 0.3 is 0 Å². The molecule has 1 heterocycles. The summed E-state index contributed by atoms with van der Waals surface area (Å²) < 4.78 is 2.43. The molecule has 26 heavy (non-hydrogen) atoms. The van der Waals surface area contributed by atoms with E-state index in [-0.39, 0.29) is 24.8 Å². The molecule has 138 valence electrons. The van der Waals surface area contributed by atoms with Crippen LogP contribution in [-0.4, -0.2) is 28.1 Å². The van der Waals surface area contributed by atoms with Crippen LogP contribution in [0.5, 0.6) is 0 Å². The van der Waals surface area contributed by atoms with E-state index in [2.05, 4.69) is 31.7 Å². The van der Waals surface area contributed by atoms with Crippen LogP contribution >= 0.6 is 27.5 Å². The SMILES string of the molecule is Cc1ccc(Br)cc1NC(=O)CCNC(=O)/C=C/c1c(C)nn(C)c1Cl. The summed E-state index contributed by atoms with van der Waals surface area (Å²) in [5.41, 5.74) is 3.16. The quantitative estimate of drug-likeness (QED) is 0.675. The minimum atomic E-state index is -0.296. The van der Waals surface area contributed by atoms with Crippen molar-refractivity contribution in [1.29, 1.82) is 0 Å². The average molecular weight is 440 g/mol. The zero-order chi connectivity index (χ0) is 19.3. The summed E-state index contributed by atoms with van der Waals surface area (Å²) in [4.78, 5) is 23.9. The zero-order valence-corrected chi connectivity index (χ0v) is 17.1. The number of hydrogen-bond donors (Lipinski definition) is 2. The fourth-order valence-corrected chi connectivity index (χ4v) is 2.89. The molecule has 0 spiro atoms. The van der Waals surface area contributed by atoms with Gasteiger partial charge in [-0.15, -0.1) is 0 Å². The Labute approximate surface area is 165 Å². The van der Waals surface area contributed by atoms with Crippen LogP contribution in [0.4, 0.5) is 5.69 Å². The van der Waals surface area contributed by atoms with Crippen LogP contribution in [0.25, 0.3) is 6.08 Å². The molecule has 0 atom stereocenters. The van der Waals surface area contributed by atoms with E-state index in [9.17, 15) is 9.59 Å². The fraction of sp³-hybridized carbons (Fsp3) is 0.278. The van der Waals surface area contributed by atoms with Crippen molar-refractivity contribution >= 4 is 51.1 Å². The maximum atomic E-state index is 12.0. The van der Waals surface area contributed by atoms with Crippen molar-refractivity contribution < 1.29 is 9.59 Å². The van der Waals surface area contributed by atoms with Crippen LogP contribution < -0.4 is 10.6 Å². The lowest BCUT2D eigenvalue weighted by Crippen LogP contribution is -2.26. The van der Waals surface area contributed by atoms with Crippen LogP contribution in [0.1, 0.15) is 23.2 Å². The lowest BCUT2D eigenvalue weighted by Gasteiger charge is -2.09. The summed E-state index contributed by atoms with van der Waals surface area (Å²) in [7, 11) is 1.73. The number of amides is 2. The zero-order valence-electron chi connectivity index (χ0n) is 14.8. The van der Waals surface area contributed by atoms with E-state index in [1.807, 2.05) is 32.0 Å². The molecular weight excluding hydrogens is 420 g/mol. The van der Waals surface area contributed by atoms with Crippen LogP contribution in [0.15, 0.2) is 28.7 Å². The van der Waals surface area contributed by atoms with Gasteiger partial charge in [0, 0.05) is 41.8 Å². The summed E-state index contributed by atoms with van der Waals surface area (Å²) in [6.45, 7) is 3.97. The van der Waals surface area contributed by atoms with Crippen molar-refractivity contribution in [3.05, 3.63) is 50.7 Å². The number of nitrogens with one attached hydrogen (secondary N) is 2. The lowest BCUT2D eigenvalue weighted by atomic mass is 10.2. The molecule has 0 bridgehead atoms. The Morgan fingerprint density at radius 1 is 1.35 bits per heavy atom. The maximum Gasteiger partial charge on any atom is 0.244 e. The van der Waals surface area contributed by atoms with Gasteiger partial charge in [0.2, 0.25) is 11.8 Å². The van der Waals surface area contributed by atoms with Crippen LogP contribution in [0.3, 0.4) is 0 Å². The first-order chi connectivity index (χ1) is 12.3. The largest absolute Gasteiger partial charge is 0.352 e. The highest BCUT2D eigenvalue weighted by Gasteiger charge is 2.09. The Hall–Kier alpha value is -2.12. The minimum absolute atomic E-state index is 0.165. The Bertz CT molecular complexity index is 861. The predicted octanol–water partition coefficient (Wildman–Crippen LogP) is 3.61. The third-order valence-corrected chi connectivity index (χ3v) is 4.66. The molecule has 0 unspecified atom stereocenters. The highest BCUT2D eigenvalue weighted by molar-refractivity contribution is 9.10. The van der Waals surface area contributed by atoms with Crippen LogP contribution in [0.2, 0.25) is 5.15 Å². The second kappa shape index (κ2) is 9.00. The Morgan fingerprint density at radius 2 is 2.08 bits per heavy atom. The Kier molecular flexibility index (Phi) is 6.99. The predicted molar refractivity (Wildman–Crippen MR) is 107 cm³/mol.